The van der Waals surface area contributed by atoms with Crippen LogP contribution < -0.4 is 4.74 Å². The number of hydrogen-bond donors (Lipinski definition) is 1. The summed E-state index contributed by atoms with van der Waals surface area (Å²) in [6.45, 7) is 0. The van der Waals surface area contributed by atoms with E-state index in [2.05, 4.69) is 6.07 Å². The number of methoxy groups -OCH3 is 1. The Kier molecular flexibility index (Phi) is 4.84. The highest BCUT2D eigenvalue weighted by atomic mass is 35.5. The van der Waals surface area contributed by atoms with Gasteiger partial charge in [-0.25, -0.2) is 0 Å². The standard InChI is InChI=1S/C21H17ClN2O3S/c1-27-16-4-2-3-13(9-16)17-10-19(25)24-20(18(17)11-23)28-12-21(24,26)14-5-7-15(22)8-6-14/h2-9,17,26H,10,12H2,1H3. The summed E-state index contributed by atoms with van der Waals surface area (Å²) in [5.41, 5.74) is 0.412. The summed E-state index contributed by atoms with van der Waals surface area (Å²) in [6.07, 6.45) is 0.107. The second-order valence-electron chi connectivity index (χ2n) is 6.71. The lowest BCUT2D eigenvalue weighted by molar-refractivity contribution is -0.149. The first-order chi connectivity index (χ1) is 13.5. The van der Waals surface area contributed by atoms with Gasteiger partial charge in [0.2, 0.25) is 5.91 Å². The van der Waals surface area contributed by atoms with Gasteiger partial charge in [-0.05, 0) is 29.8 Å². The van der Waals surface area contributed by atoms with E-state index in [-0.39, 0.29) is 24.0 Å². The van der Waals surface area contributed by atoms with Crippen LogP contribution in [-0.2, 0) is 10.5 Å². The highest BCUT2D eigenvalue weighted by Crippen LogP contribution is 2.51. The second kappa shape index (κ2) is 7.17. The van der Waals surface area contributed by atoms with Gasteiger partial charge in [0.25, 0.3) is 0 Å². The predicted octanol–water partition coefficient (Wildman–Crippen LogP) is 3.99. The van der Waals surface area contributed by atoms with Crippen molar-refractivity contribution in [2.24, 2.45) is 0 Å². The number of allylic oxidation sites excluding steroid dienone is 1. The van der Waals surface area contributed by atoms with Crippen molar-refractivity contribution >= 4 is 29.3 Å². The Morgan fingerprint density at radius 2 is 2.07 bits per heavy atom. The van der Waals surface area contributed by atoms with E-state index in [1.54, 1.807) is 31.4 Å². The summed E-state index contributed by atoms with van der Waals surface area (Å²) in [7, 11) is 1.58. The number of hydrogen-bond acceptors (Lipinski definition) is 5. The summed E-state index contributed by atoms with van der Waals surface area (Å²) in [5.74, 6) is 0.348. The molecule has 2 unspecified atom stereocenters. The van der Waals surface area contributed by atoms with Crippen LogP contribution in [0.4, 0.5) is 0 Å². The molecule has 2 aliphatic rings. The van der Waals surface area contributed by atoms with Crippen molar-refractivity contribution in [3.8, 4) is 11.8 Å². The molecule has 2 aromatic rings. The molecule has 2 heterocycles. The Hall–Kier alpha value is -2.46. The van der Waals surface area contributed by atoms with Crippen LogP contribution in [0.15, 0.2) is 59.1 Å². The maximum Gasteiger partial charge on any atom is 0.231 e. The number of thioether (sulfide) groups is 1. The third kappa shape index (κ3) is 2.96. The molecule has 0 bridgehead atoms. The van der Waals surface area contributed by atoms with Crippen molar-refractivity contribution in [3.63, 3.8) is 0 Å². The number of nitrogens with zero attached hydrogens (tertiary/aromatic N) is 2. The number of amides is 1. The van der Waals surface area contributed by atoms with Gasteiger partial charge in [-0.3, -0.25) is 9.69 Å². The molecule has 1 saturated heterocycles. The predicted molar refractivity (Wildman–Crippen MR) is 108 cm³/mol. The number of rotatable bonds is 3. The minimum absolute atomic E-state index is 0.107. The zero-order valence-electron chi connectivity index (χ0n) is 15.1. The topological polar surface area (TPSA) is 73.6 Å². The van der Waals surface area contributed by atoms with Crippen molar-refractivity contribution in [2.75, 3.05) is 12.9 Å². The normalized spacial score (nSPS) is 24.1. The molecule has 1 N–H and O–H groups in total. The van der Waals surface area contributed by atoms with E-state index in [9.17, 15) is 15.2 Å². The first kappa shape index (κ1) is 18.9. The summed E-state index contributed by atoms with van der Waals surface area (Å²) in [5, 5.41) is 22.3. The first-order valence-corrected chi connectivity index (χ1v) is 10.1. The molecular weight excluding hydrogens is 396 g/mol. The van der Waals surface area contributed by atoms with Crippen LogP contribution >= 0.6 is 23.4 Å². The van der Waals surface area contributed by atoms with E-state index in [0.29, 0.717) is 26.9 Å². The van der Waals surface area contributed by atoms with Crippen LogP contribution in [0, 0.1) is 11.3 Å². The van der Waals surface area contributed by atoms with Gasteiger partial charge >= 0.3 is 0 Å². The van der Waals surface area contributed by atoms with E-state index >= 15 is 0 Å². The van der Waals surface area contributed by atoms with Crippen molar-refractivity contribution in [2.45, 2.75) is 18.1 Å². The van der Waals surface area contributed by atoms with Crippen LogP contribution in [0.2, 0.25) is 5.02 Å². The van der Waals surface area contributed by atoms with E-state index in [1.165, 1.54) is 16.7 Å². The van der Waals surface area contributed by atoms with Crippen LogP contribution in [0.5, 0.6) is 5.75 Å². The van der Waals surface area contributed by atoms with Gasteiger partial charge in [0.1, 0.15) is 5.75 Å². The van der Waals surface area contributed by atoms with Crippen molar-refractivity contribution in [3.05, 3.63) is 75.3 Å². The van der Waals surface area contributed by atoms with Crippen LogP contribution in [0.25, 0.3) is 0 Å². The fraction of sp³-hybridized carbons (Fsp3) is 0.238. The third-order valence-electron chi connectivity index (χ3n) is 5.11. The molecule has 7 heteroatoms. The number of carbonyl (C=O) groups excluding carboxylic acids is 1. The van der Waals surface area contributed by atoms with E-state index < -0.39 is 5.72 Å². The minimum atomic E-state index is -1.50. The van der Waals surface area contributed by atoms with Crippen molar-refractivity contribution < 1.29 is 14.6 Å². The highest BCUT2D eigenvalue weighted by molar-refractivity contribution is 8.03. The number of ether oxygens (including phenoxy) is 1. The lowest BCUT2D eigenvalue weighted by Crippen LogP contribution is -2.48. The van der Waals surface area contributed by atoms with Gasteiger partial charge < -0.3 is 9.84 Å². The molecular formula is C21H17ClN2O3S. The van der Waals surface area contributed by atoms with E-state index in [1.807, 2.05) is 24.3 Å². The van der Waals surface area contributed by atoms with Gasteiger partial charge in [-0.15, -0.1) is 11.8 Å². The molecule has 28 heavy (non-hydrogen) atoms. The van der Waals surface area contributed by atoms with E-state index in [4.69, 9.17) is 16.3 Å². The number of fused-ring (bicyclic) bond motifs is 1. The summed E-state index contributed by atoms with van der Waals surface area (Å²) >= 11 is 7.28. The maximum atomic E-state index is 13.1. The van der Waals surface area contributed by atoms with Gasteiger partial charge in [0.05, 0.1) is 29.5 Å². The fourth-order valence-corrected chi connectivity index (χ4v) is 5.18. The number of carbonyl (C=O) groups is 1. The van der Waals surface area contributed by atoms with Crippen molar-refractivity contribution in [1.29, 1.82) is 5.26 Å². The molecule has 0 aliphatic carbocycles. The highest BCUT2D eigenvalue weighted by Gasteiger charge is 2.51. The summed E-state index contributed by atoms with van der Waals surface area (Å²) in [4.78, 5) is 14.5. The quantitative estimate of drug-likeness (QED) is 0.825. The molecule has 0 saturated carbocycles. The molecule has 1 amide bonds. The van der Waals surface area contributed by atoms with Crippen LogP contribution in [0.3, 0.4) is 0 Å². The molecule has 0 spiro atoms. The van der Waals surface area contributed by atoms with Gasteiger partial charge in [-0.2, -0.15) is 5.26 Å². The largest absolute Gasteiger partial charge is 0.497 e. The molecule has 0 radical (unpaired) electrons. The molecule has 2 aromatic carbocycles. The average Bonchev–Trinajstić information content (AvgIpc) is 3.07. The molecule has 2 aliphatic heterocycles. The number of aliphatic hydroxyl groups is 1. The Bertz CT molecular complexity index is 1020. The zero-order chi connectivity index (χ0) is 19.9. The monoisotopic (exact) mass is 412 g/mol. The SMILES string of the molecule is COc1cccc(C2CC(=O)N3C(=C2C#N)SCC3(O)c2ccc(Cl)cc2)c1. The molecule has 142 valence electrons. The Morgan fingerprint density at radius 1 is 1.32 bits per heavy atom. The number of halogens is 1. The Labute approximate surface area is 172 Å². The van der Waals surface area contributed by atoms with Gasteiger partial charge in [0.15, 0.2) is 5.72 Å². The second-order valence-corrected chi connectivity index (χ2v) is 8.11. The van der Waals surface area contributed by atoms with Gasteiger partial charge in [0, 0.05) is 22.9 Å². The zero-order valence-corrected chi connectivity index (χ0v) is 16.6. The Balaban J connectivity index is 1.79. The molecule has 1 fully saturated rings. The number of benzene rings is 2. The summed E-state index contributed by atoms with van der Waals surface area (Å²) in [6, 6.07) is 16.4. The molecule has 5 nitrogen and oxygen atoms in total. The van der Waals surface area contributed by atoms with Crippen LogP contribution in [-0.4, -0.2) is 28.8 Å². The average molecular weight is 413 g/mol. The summed E-state index contributed by atoms with van der Waals surface area (Å²) < 4.78 is 5.28. The maximum absolute atomic E-state index is 13.1. The smallest absolute Gasteiger partial charge is 0.231 e. The third-order valence-corrected chi connectivity index (χ3v) is 6.59. The lowest BCUT2D eigenvalue weighted by Gasteiger charge is -2.38. The Morgan fingerprint density at radius 3 is 2.75 bits per heavy atom. The van der Waals surface area contributed by atoms with Crippen LogP contribution in [0.1, 0.15) is 23.5 Å². The van der Waals surface area contributed by atoms with E-state index in [0.717, 1.165) is 5.56 Å². The molecule has 0 aromatic heterocycles. The molecule has 4 rings (SSSR count). The lowest BCUT2D eigenvalue weighted by atomic mass is 9.85. The minimum Gasteiger partial charge on any atom is -0.497 e. The molecule has 2 atom stereocenters. The van der Waals surface area contributed by atoms with Gasteiger partial charge in [-0.1, -0.05) is 35.9 Å². The fourth-order valence-electron chi connectivity index (χ4n) is 3.70. The van der Waals surface area contributed by atoms with Crippen molar-refractivity contribution in [1.82, 2.24) is 4.90 Å². The number of nitriles is 1. The first-order valence-electron chi connectivity index (χ1n) is 8.70.